The molecule has 0 aliphatic carbocycles. The fourth-order valence-electron chi connectivity index (χ4n) is 3.29. The molecule has 0 saturated heterocycles. The van der Waals surface area contributed by atoms with E-state index in [0.29, 0.717) is 35.5 Å². The lowest BCUT2D eigenvalue weighted by molar-refractivity contribution is 0.284. The Bertz CT molecular complexity index is 912. The highest BCUT2D eigenvalue weighted by atomic mass is 16.5. The van der Waals surface area contributed by atoms with Crippen LogP contribution < -0.4 is 10.4 Å². The van der Waals surface area contributed by atoms with Crippen molar-refractivity contribution in [1.29, 1.82) is 0 Å². The van der Waals surface area contributed by atoms with E-state index in [1.807, 2.05) is 36.4 Å². The molecule has 26 heavy (non-hydrogen) atoms. The third-order valence-corrected chi connectivity index (χ3v) is 4.46. The van der Waals surface area contributed by atoms with Crippen molar-refractivity contribution in [3.8, 4) is 11.5 Å². The minimum Gasteiger partial charge on any atom is -0.507 e. The number of benzene rings is 2. The molecule has 136 valence electrons. The van der Waals surface area contributed by atoms with Crippen molar-refractivity contribution in [1.82, 2.24) is 0 Å². The van der Waals surface area contributed by atoms with Crippen LogP contribution in [0.3, 0.4) is 0 Å². The molecule has 3 rings (SSSR count). The average molecular weight is 352 g/mol. The summed E-state index contributed by atoms with van der Waals surface area (Å²) >= 11 is 0. The molecule has 1 unspecified atom stereocenters. The Morgan fingerprint density at radius 3 is 2.46 bits per heavy atom. The monoisotopic (exact) mass is 352 g/mol. The van der Waals surface area contributed by atoms with Crippen molar-refractivity contribution in [2.75, 3.05) is 6.61 Å². The van der Waals surface area contributed by atoms with Crippen LogP contribution in [0.25, 0.3) is 11.0 Å². The Morgan fingerprint density at radius 2 is 1.73 bits per heavy atom. The molecule has 0 amide bonds. The molecule has 0 saturated carbocycles. The first-order valence-electron chi connectivity index (χ1n) is 8.98. The van der Waals surface area contributed by atoms with Gasteiger partial charge in [0.1, 0.15) is 17.1 Å². The smallest absolute Gasteiger partial charge is 0.343 e. The van der Waals surface area contributed by atoms with Gasteiger partial charge in [0.2, 0.25) is 0 Å². The lowest BCUT2D eigenvalue weighted by atomic mass is 9.87. The Morgan fingerprint density at radius 1 is 1.04 bits per heavy atom. The fraction of sp³-hybridized carbons (Fsp3) is 0.318. The van der Waals surface area contributed by atoms with Gasteiger partial charge in [0.15, 0.2) is 0 Å². The molecule has 0 bridgehead atoms. The van der Waals surface area contributed by atoms with Gasteiger partial charge in [0.05, 0.1) is 17.6 Å². The Labute approximate surface area is 153 Å². The zero-order chi connectivity index (χ0) is 18.5. The SMILES string of the molecule is CC(C)CC(CCOc1ccccc1)c1c(O)c2ccccc2oc1=O. The molecule has 0 fully saturated rings. The summed E-state index contributed by atoms with van der Waals surface area (Å²) in [7, 11) is 0. The van der Waals surface area contributed by atoms with Gasteiger partial charge in [-0.25, -0.2) is 4.79 Å². The number of ether oxygens (including phenoxy) is 1. The van der Waals surface area contributed by atoms with E-state index in [1.165, 1.54) is 0 Å². The van der Waals surface area contributed by atoms with Gasteiger partial charge in [-0.2, -0.15) is 0 Å². The maximum atomic E-state index is 12.5. The van der Waals surface area contributed by atoms with Crippen LogP contribution >= 0.6 is 0 Å². The topological polar surface area (TPSA) is 59.7 Å². The quantitative estimate of drug-likeness (QED) is 0.601. The third kappa shape index (κ3) is 4.07. The van der Waals surface area contributed by atoms with Crippen molar-refractivity contribution in [3.05, 3.63) is 70.6 Å². The number of fused-ring (bicyclic) bond motifs is 1. The molecule has 0 aliphatic heterocycles. The molecule has 2 aromatic carbocycles. The number of aromatic hydroxyl groups is 1. The van der Waals surface area contributed by atoms with Crippen LogP contribution in [0.1, 0.15) is 38.2 Å². The van der Waals surface area contributed by atoms with Crippen molar-refractivity contribution in [2.45, 2.75) is 32.6 Å². The summed E-state index contributed by atoms with van der Waals surface area (Å²) in [5, 5.41) is 11.3. The van der Waals surface area contributed by atoms with E-state index >= 15 is 0 Å². The van der Waals surface area contributed by atoms with Gasteiger partial charge in [0, 0.05) is 0 Å². The van der Waals surface area contributed by atoms with Crippen LogP contribution in [-0.4, -0.2) is 11.7 Å². The average Bonchev–Trinajstić information content (AvgIpc) is 2.62. The number of hydrogen-bond acceptors (Lipinski definition) is 4. The third-order valence-electron chi connectivity index (χ3n) is 4.46. The molecule has 1 N–H and O–H groups in total. The number of rotatable bonds is 7. The van der Waals surface area contributed by atoms with Crippen molar-refractivity contribution >= 4 is 11.0 Å². The Hall–Kier alpha value is -2.75. The van der Waals surface area contributed by atoms with Gasteiger partial charge in [-0.1, -0.05) is 44.2 Å². The molecule has 0 radical (unpaired) electrons. The van der Waals surface area contributed by atoms with E-state index in [1.54, 1.807) is 18.2 Å². The highest BCUT2D eigenvalue weighted by molar-refractivity contribution is 5.84. The van der Waals surface area contributed by atoms with Gasteiger partial charge in [0.25, 0.3) is 0 Å². The van der Waals surface area contributed by atoms with Crippen LogP contribution in [0.15, 0.2) is 63.8 Å². The first kappa shape index (κ1) is 18.1. The van der Waals surface area contributed by atoms with E-state index in [9.17, 15) is 9.90 Å². The molecule has 1 heterocycles. The summed E-state index contributed by atoms with van der Waals surface area (Å²) in [6, 6.07) is 16.6. The van der Waals surface area contributed by atoms with Crippen molar-refractivity contribution < 1.29 is 14.3 Å². The second-order valence-corrected chi connectivity index (χ2v) is 6.92. The van der Waals surface area contributed by atoms with E-state index in [2.05, 4.69) is 13.8 Å². The summed E-state index contributed by atoms with van der Waals surface area (Å²) in [5.41, 5.74) is 0.295. The first-order chi connectivity index (χ1) is 12.6. The largest absolute Gasteiger partial charge is 0.507 e. The van der Waals surface area contributed by atoms with Crippen LogP contribution in [0.2, 0.25) is 0 Å². The van der Waals surface area contributed by atoms with Crippen molar-refractivity contribution in [2.24, 2.45) is 5.92 Å². The summed E-state index contributed by atoms with van der Waals surface area (Å²) in [5.74, 6) is 1.08. The van der Waals surface area contributed by atoms with E-state index in [-0.39, 0.29) is 11.7 Å². The molecule has 0 spiro atoms. The Kier molecular flexibility index (Phi) is 5.61. The normalized spacial score (nSPS) is 12.4. The second kappa shape index (κ2) is 8.09. The molecule has 3 aromatic rings. The zero-order valence-corrected chi connectivity index (χ0v) is 15.1. The number of hydrogen-bond donors (Lipinski definition) is 1. The highest BCUT2D eigenvalue weighted by Crippen LogP contribution is 2.35. The van der Waals surface area contributed by atoms with Gasteiger partial charge in [-0.3, -0.25) is 0 Å². The van der Waals surface area contributed by atoms with Gasteiger partial charge >= 0.3 is 5.63 Å². The van der Waals surface area contributed by atoms with Gasteiger partial charge < -0.3 is 14.3 Å². The van der Waals surface area contributed by atoms with Gasteiger partial charge in [-0.05, 0) is 48.9 Å². The fourth-order valence-corrected chi connectivity index (χ4v) is 3.29. The van der Waals surface area contributed by atoms with Crippen LogP contribution in [0.4, 0.5) is 0 Å². The van der Waals surface area contributed by atoms with E-state index < -0.39 is 5.63 Å². The summed E-state index contributed by atoms with van der Waals surface area (Å²) in [6.45, 7) is 4.67. The predicted molar refractivity (Wildman–Crippen MR) is 103 cm³/mol. The molecule has 1 aromatic heterocycles. The van der Waals surface area contributed by atoms with Gasteiger partial charge in [-0.15, -0.1) is 0 Å². The number of para-hydroxylation sites is 2. The Balaban J connectivity index is 1.87. The van der Waals surface area contributed by atoms with Crippen LogP contribution in [-0.2, 0) is 0 Å². The summed E-state index contributed by atoms with van der Waals surface area (Å²) in [4.78, 5) is 12.5. The lowest BCUT2D eigenvalue weighted by Crippen LogP contribution is -2.17. The van der Waals surface area contributed by atoms with Crippen LogP contribution in [0.5, 0.6) is 11.5 Å². The second-order valence-electron chi connectivity index (χ2n) is 6.92. The van der Waals surface area contributed by atoms with Crippen molar-refractivity contribution in [3.63, 3.8) is 0 Å². The molecule has 1 atom stereocenters. The predicted octanol–water partition coefficient (Wildman–Crippen LogP) is 5.10. The van der Waals surface area contributed by atoms with Crippen LogP contribution in [0, 0.1) is 5.92 Å². The molecule has 0 aliphatic rings. The molecule has 4 heteroatoms. The minimum absolute atomic E-state index is 0.0298. The maximum Gasteiger partial charge on any atom is 0.343 e. The maximum absolute atomic E-state index is 12.5. The molecular formula is C22H24O4. The van der Waals surface area contributed by atoms with E-state index in [4.69, 9.17) is 9.15 Å². The van der Waals surface area contributed by atoms with E-state index in [0.717, 1.165) is 12.2 Å². The highest BCUT2D eigenvalue weighted by Gasteiger charge is 2.24. The minimum atomic E-state index is -0.466. The zero-order valence-electron chi connectivity index (χ0n) is 15.1. The molecular weight excluding hydrogens is 328 g/mol. The summed E-state index contributed by atoms with van der Waals surface area (Å²) < 4.78 is 11.2. The molecule has 4 nitrogen and oxygen atoms in total. The first-order valence-corrected chi connectivity index (χ1v) is 8.98. The summed E-state index contributed by atoms with van der Waals surface area (Å²) in [6.07, 6.45) is 1.40. The standard InChI is InChI=1S/C22H24O4/c1-15(2)14-16(12-13-25-17-8-4-3-5-9-17)20-21(23)18-10-6-7-11-19(18)26-22(20)24/h3-11,15-16,23H,12-14H2,1-2H3. The lowest BCUT2D eigenvalue weighted by Gasteiger charge is -2.20.